The maximum absolute atomic E-state index is 11.5. The molecule has 0 fully saturated rings. The Morgan fingerprint density at radius 2 is 1.50 bits per heavy atom. The molecule has 0 spiro atoms. The molecule has 10 nitrogen and oxygen atoms in total. The Morgan fingerprint density at radius 1 is 0.875 bits per heavy atom. The zero-order valence-corrected chi connectivity index (χ0v) is 18.9. The van der Waals surface area contributed by atoms with Gasteiger partial charge in [0.15, 0.2) is 0 Å². The van der Waals surface area contributed by atoms with E-state index in [1.54, 1.807) is 0 Å². The van der Waals surface area contributed by atoms with Crippen LogP contribution in [-0.2, 0) is 14.3 Å². The van der Waals surface area contributed by atoms with Gasteiger partial charge in [-0.05, 0) is 55.5 Å². The molecule has 0 aliphatic carbocycles. The number of esters is 1. The smallest absolute Gasteiger partial charge is 0.407 e. The number of rotatable bonds is 14. The number of carbonyl (C=O) groups excluding carboxylic acids is 2. The van der Waals surface area contributed by atoms with Crippen LogP contribution in [0.4, 0.5) is 4.79 Å². The largest absolute Gasteiger partial charge is 0.464 e. The van der Waals surface area contributed by atoms with E-state index in [-0.39, 0.29) is 24.4 Å². The first-order valence-electron chi connectivity index (χ1n) is 10.5. The first-order chi connectivity index (χ1) is 15.6. The molecule has 1 N–H and O–H groups in total. The van der Waals surface area contributed by atoms with Gasteiger partial charge in [-0.3, -0.25) is 4.79 Å². The molecule has 0 aliphatic rings. The second-order valence-corrected chi connectivity index (χ2v) is 6.72. The molecule has 0 unspecified atom stereocenters. The summed E-state index contributed by atoms with van der Waals surface area (Å²) < 4.78 is 15.2. The predicted molar refractivity (Wildman–Crippen MR) is 117 cm³/mol. The summed E-state index contributed by atoms with van der Waals surface area (Å²) in [4.78, 5) is 22.8. The van der Waals surface area contributed by atoms with E-state index in [0.29, 0.717) is 32.5 Å². The lowest BCUT2D eigenvalue weighted by atomic mass is 10.2. The molecule has 0 radical (unpaired) electrons. The van der Waals surface area contributed by atoms with Crippen LogP contribution in [0.2, 0.25) is 5.28 Å². The SMILES string of the molecule is CCCCOC(=O)CNC(=O)OCCCCC#CC#CCCCCOc1nnc(Cl)nn1. The monoisotopic (exact) mass is 465 g/mol. The zero-order valence-electron chi connectivity index (χ0n) is 18.2. The quantitative estimate of drug-likeness (QED) is 0.250. The first-order valence-corrected chi connectivity index (χ1v) is 10.9. The van der Waals surface area contributed by atoms with Crippen LogP contribution < -0.4 is 10.1 Å². The van der Waals surface area contributed by atoms with Crippen molar-refractivity contribution in [1.82, 2.24) is 25.7 Å². The van der Waals surface area contributed by atoms with Crippen molar-refractivity contribution in [1.29, 1.82) is 0 Å². The molecule has 0 bridgehead atoms. The van der Waals surface area contributed by atoms with E-state index in [0.717, 1.165) is 32.1 Å². The number of alkyl carbamates (subject to hydrolysis) is 1. The number of hydrogen-bond acceptors (Lipinski definition) is 9. The van der Waals surface area contributed by atoms with Crippen molar-refractivity contribution in [2.45, 2.75) is 58.3 Å². The Morgan fingerprint density at radius 3 is 2.16 bits per heavy atom. The Labute approximate surface area is 193 Å². The number of hydrogen-bond donors (Lipinski definition) is 1. The molecular formula is C21H28ClN5O5. The summed E-state index contributed by atoms with van der Waals surface area (Å²) in [6.07, 6.45) is 5.61. The van der Waals surface area contributed by atoms with Crippen LogP contribution in [0.15, 0.2) is 0 Å². The molecule has 0 aromatic carbocycles. The highest BCUT2D eigenvalue weighted by atomic mass is 35.5. The summed E-state index contributed by atoms with van der Waals surface area (Å²) in [5, 5.41) is 16.7. The molecule has 1 aromatic rings. The topological polar surface area (TPSA) is 125 Å². The summed E-state index contributed by atoms with van der Waals surface area (Å²) >= 11 is 5.48. The highest BCUT2D eigenvalue weighted by Crippen LogP contribution is 2.01. The Bertz CT molecular complexity index is 799. The molecule has 174 valence electrons. The van der Waals surface area contributed by atoms with Gasteiger partial charge in [-0.25, -0.2) is 4.79 Å². The predicted octanol–water partition coefficient (Wildman–Crippen LogP) is 2.72. The van der Waals surface area contributed by atoms with Gasteiger partial charge in [-0.2, -0.15) is 0 Å². The van der Waals surface area contributed by atoms with Crippen LogP contribution in [0.5, 0.6) is 6.01 Å². The molecule has 1 aromatic heterocycles. The highest BCUT2D eigenvalue weighted by molar-refractivity contribution is 6.28. The first kappa shape index (κ1) is 26.9. The zero-order chi connectivity index (χ0) is 23.3. The molecule has 11 heteroatoms. The summed E-state index contributed by atoms with van der Waals surface area (Å²) in [5.41, 5.74) is 0. The number of ether oxygens (including phenoxy) is 3. The Kier molecular flexibility index (Phi) is 15.7. The highest BCUT2D eigenvalue weighted by Gasteiger charge is 2.06. The summed E-state index contributed by atoms with van der Waals surface area (Å²) in [5.74, 6) is 11.1. The van der Waals surface area contributed by atoms with E-state index in [1.807, 2.05) is 6.92 Å². The molecule has 0 saturated carbocycles. The van der Waals surface area contributed by atoms with Crippen molar-refractivity contribution in [3.63, 3.8) is 0 Å². The summed E-state index contributed by atoms with van der Waals surface area (Å²) in [7, 11) is 0. The van der Waals surface area contributed by atoms with Gasteiger partial charge in [-0.1, -0.05) is 35.4 Å². The van der Waals surface area contributed by atoms with Gasteiger partial charge >= 0.3 is 18.1 Å². The molecule has 0 saturated heterocycles. The lowest BCUT2D eigenvalue weighted by Gasteiger charge is -2.06. The van der Waals surface area contributed by atoms with Crippen molar-refractivity contribution in [2.24, 2.45) is 0 Å². The van der Waals surface area contributed by atoms with Crippen LogP contribution in [-0.4, -0.2) is 58.8 Å². The standard InChI is InChI=1S/C21H28ClN5O5/c1-2-3-14-30-18(28)17-23-21(29)32-16-13-11-9-7-5-4-6-8-10-12-15-31-20-26-24-19(22)25-27-20/h2-3,8-17H2,1H3,(H,23,29). The minimum atomic E-state index is -0.631. The number of nitrogens with zero attached hydrogens (tertiary/aromatic N) is 4. The van der Waals surface area contributed by atoms with Crippen molar-refractivity contribution >= 4 is 23.7 Å². The van der Waals surface area contributed by atoms with Crippen LogP contribution in [0.25, 0.3) is 0 Å². The van der Waals surface area contributed by atoms with Crippen LogP contribution in [0.1, 0.15) is 58.3 Å². The van der Waals surface area contributed by atoms with E-state index in [1.165, 1.54) is 0 Å². The van der Waals surface area contributed by atoms with Crippen molar-refractivity contribution in [2.75, 3.05) is 26.4 Å². The summed E-state index contributed by atoms with van der Waals surface area (Å²) in [6, 6.07) is 0.0971. The third-order valence-corrected chi connectivity index (χ3v) is 3.82. The van der Waals surface area contributed by atoms with Gasteiger partial charge in [0.25, 0.3) is 5.28 Å². The molecule has 0 aliphatic heterocycles. The van der Waals surface area contributed by atoms with Gasteiger partial charge in [0.2, 0.25) is 0 Å². The van der Waals surface area contributed by atoms with Crippen molar-refractivity contribution in [3.8, 4) is 29.7 Å². The number of carbonyl (C=O) groups is 2. The van der Waals surface area contributed by atoms with Gasteiger partial charge in [-0.15, -0.1) is 10.2 Å². The Balaban J connectivity index is 1.93. The maximum Gasteiger partial charge on any atom is 0.407 e. The second-order valence-electron chi connectivity index (χ2n) is 6.38. The fraction of sp³-hybridized carbons (Fsp3) is 0.619. The van der Waals surface area contributed by atoms with E-state index in [9.17, 15) is 9.59 Å². The molecule has 1 heterocycles. The van der Waals surface area contributed by atoms with Gasteiger partial charge in [0.1, 0.15) is 6.54 Å². The minimum Gasteiger partial charge on any atom is -0.464 e. The normalized spacial score (nSPS) is 9.56. The molecule has 0 atom stereocenters. The van der Waals surface area contributed by atoms with Crippen molar-refractivity contribution < 1.29 is 23.8 Å². The number of unbranched alkanes of at least 4 members (excludes halogenated alkanes) is 5. The number of halogens is 1. The molecule has 1 rings (SSSR count). The van der Waals surface area contributed by atoms with Gasteiger partial charge < -0.3 is 19.5 Å². The molecule has 32 heavy (non-hydrogen) atoms. The third kappa shape index (κ3) is 15.7. The summed E-state index contributed by atoms with van der Waals surface area (Å²) in [6.45, 7) is 2.89. The number of nitrogens with one attached hydrogen (secondary N) is 1. The van der Waals surface area contributed by atoms with E-state index >= 15 is 0 Å². The number of aromatic nitrogens is 4. The average molecular weight is 466 g/mol. The Hall–Kier alpha value is -3.11. The lowest BCUT2D eigenvalue weighted by molar-refractivity contribution is -0.142. The average Bonchev–Trinajstić information content (AvgIpc) is 2.79. The van der Waals surface area contributed by atoms with E-state index in [2.05, 4.69) is 49.4 Å². The van der Waals surface area contributed by atoms with Crippen LogP contribution in [0.3, 0.4) is 0 Å². The molecular weight excluding hydrogens is 438 g/mol. The minimum absolute atomic E-state index is 0.0251. The van der Waals surface area contributed by atoms with Gasteiger partial charge in [0, 0.05) is 12.8 Å². The van der Waals surface area contributed by atoms with Crippen molar-refractivity contribution in [3.05, 3.63) is 5.28 Å². The fourth-order valence-corrected chi connectivity index (χ4v) is 2.09. The van der Waals surface area contributed by atoms with E-state index < -0.39 is 12.1 Å². The third-order valence-electron chi connectivity index (χ3n) is 3.67. The number of amides is 1. The van der Waals surface area contributed by atoms with E-state index in [4.69, 9.17) is 25.8 Å². The molecule has 1 amide bonds. The fourth-order valence-electron chi connectivity index (χ4n) is 2.02. The van der Waals surface area contributed by atoms with Crippen LogP contribution >= 0.6 is 11.6 Å². The lowest BCUT2D eigenvalue weighted by Crippen LogP contribution is -2.31. The maximum atomic E-state index is 11.5. The second kappa shape index (κ2) is 18.6. The van der Waals surface area contributed by atoms with Gasteiger partial charge in [0.05, 0.1) is 19.8 Å². The van der Waals surface area contributed by atoms with Crippen LogP contribution in [0, 0.1) is 23.7 Å².